The molecule has 3 aromatic rings. The largest absolute Gasteiger partial charge is 0.491 e. The summed E-state index contributed by atoms with van der Waals surface area (Å²) in [5.41, 5.74) is 1.13. The molecule has 0 atom stereocenters. The van der Waals surface area contributed by atoms with E-state index in [4.69, 9.17) is 4.74 Å². The Morgan fingerprint density at radius 3 is 2.58 bits per heavy atom. The van der Waals surface area contributed by atoms with Gasteiger partial charge in [-0.2, -0.15) is 0 Å². The Balaban J connectivity index is 1.68. The Labute approximate surface area is 157 Å². The van der Waals surface area contributed by atoms with E-state index in [0.717, 1.165) is 0 Å². The van der Waals surface area contributed by atoms with Crippen molar-refractivity contribution in [3.63, 3.8) is 0 Å². The van der Waals surface area contributed by atoms with Gasteiger partial charge in [-0.15, -0.1) is 22.7 Å². The smallest absolute Gasteiger partial charge is 0.280 e. The van der Waals surface area contributed by atoms with E-state index in [2.05, 4.69) is 10.3 Å². The van der Waals surface area contributed by atoms with Crippen molar-refractivity contribution in [3.8, 4) is 16.3 Å². The van der Waals surface area contributed by atoms with Crippen molar-refractivity contribution in [1.29, 1.82) is 0 Å². The molecular formula is C17H15N3O4S2. The number of carbonyl (C=O) groups excluding carboxylic acids is 1. The molecule has 1 amide bonds. The molecule has 0 spiro atoms. The molecule has 7 nitrogen and oxygen atoms in total. The van der Waals surface area contributed by atoms with Crippen LogP contribution in [0.3, 0.4) is 0 Å². The molecule has 3 rings (SSSR count). The molecule has 0 saturated carbocycles. The molecule has 0 fully saturated rings. The summed E-state index contributed by atoms with van der Waals surface area (Å²) < 4.78 is 5.55. The van der Waals surface area contributed by atoms with E-state index in [1.165, 1.54) is 34.1 Å². The number of benzene rings is 1. The fourth-order valence-corrected chi connectivity index (χ4v) is 3.72. The van der Waals surface area contributed by atoms with Crippen molar-refractivity contribution in [3.05, 3.63) is 56.8 Å². The minimum Gasteiger partial charge on any atom is -0.491 e. The summed E-state index contributed by atoms with van der Waals surface area (Å²) in [6.45, 7) is 3.87. The van der Waals surface area contributed by atoms with Crippen LogP contribution in [0.25, 0.3) is 10.6 Å². The van der Waals surface area contributed by atoms with E-state index in [1.807, 2.05) is 13.8 Å². The van der Waals surface area contributed by atoms with Gasteiger partial charge in [0.2, 0.25) is 0 Å². The number of amides is 1. The first kappa shape index (κ1) is 18.0. The monoisotopic (exact) mass is 389 g/mol. The average molecular weight is 389 g/mol. The summed E-state index contributed by atoms with van der Waals surface area (Å²) in [6, 6.07) is 8.33. The van der Waals surface area contributed by atoms with Crippen molar-refractivity contribution >= 4 is 39.4 Å². The van der Waals surface area contributed by atoms with Crippen LogP contribution in [-0.4, -0.2) is 21.9 Å². The summed E-state index contributed by atoms with van der Waals surface area (Å²) in [4.78, 5) is 27.6. The lowest BCUT2D eigenvalue weighted by Gasteiger charge is -2.09. The number of nitrogens with zero attached hydrogens (tertiary/aromatic N) is 2. The molecule has 2 aromatic heterocycles. The van der Waals surface area contributed by atoms with E-state index in [-0.39, 0.29) is 17.7 Å². The molecule has 1 aromatic carbocycles. The Morgan fingerprint density at radius 2 is 1.96 bits per heavy atom. The van der Waals surface area contributed by atoms with Crippen LogP contribution in [0.1, 0.15) is 24.2 Å². The van der Waals surface area contributed by atoms with Gasteiger partial charge in [-0.1, -0.05) is 0 Å². The molecule has 0 aliphatic rings. The summed E-state index contributed by atoms with van der Waals surface area (Å²) in [5.74, 6) is 0.423. The molecule has 134 valence electrons. The lowest BCUT2D eigenvalue weighted by atomic mass is 10.2. The molecule has 0 bridgehead atoms. The highest BCUT2D eigenvalue weighted by atomic mass is 32.1. The Bertz CT molecular complexity index is 932. The van der Waals surface area contributed by atoms with Crippen LogP contribution in [-0.2, 0) is 0 Å². The highest BCUT2D eigenvalue weighted by Gasteiger charge is 2.14. The molecule has 2 heterocycles. The highest BCUT2D eigenvalue weighted by Crippen LogP contribution is 2.33. The number of rotatable bonds is 6. The zero-order valence-corrected chi connectivity index (χ0v) is 15.6. The third kappa shape index (κ3) is 4.24. The number of nitrogens with one attached hydrogen (secondary N) is 1. The van der Waals surface area contributed by atoms with Crippen LogP contribution in [0, 0.1) is 10.1 Å². The van der Waals surface area contributed by atoms with Gasteiger partial charge < -0.3 is 4.74 Å². The standard InChI is InChI=1S/C17H15N3O4S2/c1-10(2)24-13-5-3-11(4-6-13)16(21)19-17-18-14(9-26-17)15-7-12(8-25-15)20(22)23/h3-10H,1-2H3,(H,18,19,21). The fourth-order valence-electron chi connectivity index (χ4n) is 2.13. The number of thiophene rings is 1. The maximum atomic E-state index is 12.3. The number of thiazole rings is 1. The van der Waals surface area contributed by atoms with E-state index in [0.29, 0.717) is 27.0 Å². The normalized spacial score (nSPS) is 10.7. The first-order valence-electron chi connectivity index (χ1n) is 7.69. The third-order valence-electron chi connectivity index (χ3n) is 3.26. The number of carbonyl (C=O) groups is 1. The molecule has 26 heavy (non-hydrogen) atoms. The van der Waals surface area contributed by atoms with Crippen LogP contribution >= 0.6 is 22.7 Å². The molecule has 0 unspecified atom stereocenters. The van der Waals surface area contributed by atoms with Crippen molar-refractivity contribution in [1.82, 2.24) is 4.98 Å². The lowest BCUT2D eigenvalue weighted by molar-refractivity contribution is -0.384. The second-order valence-electron chi connectivity index (χ2n) is 5.61. The van der Waals surface area contributed by atoms with E-state index >= 15 is 0 Å². The summed E-state index contributed by atoms with van der Waals surface area (Å²) >= 11 is 2.51. The number of nitro groups is 1. The van der Waals surface area contributed by atoms with Gasteiger partial charge in [0, 0.05) is 17.0 Å². The van der Waals surface area contributed by atoms with Crippen LogP contribution in [0.4, 0.5) is 10.8 Å². The average Bonchev–Trinajstić information content (AvgIpc) is 3.23. The molecule has 0 aliphatic carbocycles. The Morgan fingerprint density at radius 1 is 1.23 bits per heavy atom. The zero-order chi connectivity index (χ0) is 18.7. The predicted molar refractivity (Wildman–Crippen MR) is 102 cm³/mol. The molecule has 0 radical (unpaired) electrons. The van der Waals surface area contributed by atoms with Gasteiger partial charge in [0.15, 0.2) is 5.13 Å². The summed E-state index contributed by atoms with van der Waals surface area (Å²) in [7, 11) is 0. The van der Waals surface area contributed by atoms with Crippen LogP contribution in [0.2, 0.25) is 0 Å². The summed E-state index contributed by atoms with van der Waals surface area (Å²) in [6.07, 6.45) is 0.0662. The van der Waals surface area contributed by atoms with Gasteiger partial charge in [0.25, 0.3) is 11.6 Å². The molecular weight excluding hydrogens is 374 g/mol. The SMILES string of the molecule is CC(C)Oc1ccc(C(=O)Nc2nc(-c3cc([N+](=O)[O-])cs3)cs2)cc1. The van der Waals surface area contributed by atoms with Crippen molar-refractivity contribution in [2.45, 2.75) is 20.0 Å². The number of hydrogen-bond acceptors (Lipinski definition) is 7. The number of ether oxygens (including phenoxy) is 1. The van der Waals surface area contributed by atoms with Gasteiger partial charge in [0.1, 0.15) is 5.75 Å². The van der Waals surface area contributed by atoms with Crippen molar-refractivity contribution < 1.29 is 14.5 Å². The van der Waals surface area contributed by atoms with Gasteiger partial charge in [0.05, 0.1) is 27.0 Å². The topological polar surface area (TPSA) is 94.4 Å². The van der Waals surface area contributed by atoms with E-state index < -0.39 is 4.92 Å². The lowest BCUT2D eigenvalue weighted by Crippen LogP contribution is -2.12. The highest BCUT2D eigenvalue weighted by molar-refractivity contribution is 7.16. The Kier molecular flexibility index (Phi) is 5.29. The second kappa shape index (κ2) is 7.63. The van der Waals surface area contributed by atoms with Crippen LogP contribution in [0.5, 0.6) is 5.75 Å². The predicted octanol–water partition coefficient (Wildman–Crippen LogP) is 4.82. The second-order valence-corrected chi connectivity index (χ2v) is 7.38. The maximum absolute atomic E-state index is 12.3. The fraction of sp³-hybridized carbons (Fsp3) is 0.176. The minimum absolute atomic E-state index is 0.0345. The quantitative estimate of drug-likeness (QED) is 0.482. The molecule has 0 aliphatic heterocycles. The zero-order valence-electron chi connectivity index (χ0n) is 14.0. The Hall–Kier alpha value is -2.78. The number of hydrogen-bond donors (Lipinski definition) is 1. The van der Waals surface area contributed by atoms with Gasteiger partial charge in [-0.25, -0.2) is 4.98 Å². The first-order chi connectivity index (χ1) is 12.4. The number of aromatic nitrogens is 1. The minimum atomic E-state index is -0.443. The molecule has 0 saturated heterocycles. The van der Waals surface area contributed by atoms with Crippen molar-refractivity contribution in [2.24, 2.45) is 0 Å². The van der Waals surface area contributed by atoms with E-state index in [1.54, 1.807) is 29.6 Å². The van der Waals surface area contributed by atoms with Gasteiger partial charge >= 0.3 is 0 Å². The molecule has 9 heteroatoms. The first-order valence-corrected chi connectivity index (χ1v) is 9.45. The summed E-state index contributed by atoms with van der Waals surface area (Å²) in [5, 5.41) is 17.2. The van der Waals surface area contributed by atoms with Crippen molar-refractivity contribution in [2.75, 3.05) is 5.32 Å². The number of anilines is 1. The van der Waals surface area contributed by atoms with Gasteiger partial charge in [-0.3, -0.25) is 20.2 Å². The third-order valence-corrected chi connectivity index (χ3v) is 4.96. The van der Waals surface area contributed by atoms with E-state index in [9.17, 15) is 14.9 Å². The van der Waals surface area contributed by atoms with Crippen LogP contribution < -0.4 is 10.1 Å². The molecule has 1 N–H and O–H groups in total. The van der Waals surface area contributed by atoms with Gasteiger partial charge in [-0.05, 0) is 38.1 Å². The maximum Gasteiger partial charge on any atom is 0.280 e. The van der Waals surface area contributed by atoms with Crippen LogP contribution in [0.15, 0.2) is 41.1 Å².